The zero-order valence-electron chi connectivity index (χ0n) is 15.1. The third-order valence-electron chi connectivity index (χ3n) is 2.89. The second-order valence-corrected chi connectivity index (χ2v) is 5.65. The monoisotopic (exact) mass is 444 g/mol. The molecule has 0 aliphatic heterocycles. The van der Waals surface area contributed by atoms with E-state index in [4.69, 9.17) is 9.47 Å². The Morgan fingerprint density at radius 2 is 1.87 bits per heavy atom. The van der Waals surface area contributed by atoms with Crippen LogP contribution in [0.3, 0.4) is 0 Å². The van der Waals surface area contributed by atoms with Crippen LogP contribution < -0.4 is 16.0 Å². The molecule has 2 atom stereocenters. The topological polar surface area (TPSA) is 84.0 Å². The Bertz CT molecular complexity index is 341. The number of alkyl carbamates (subject to hydrolysis) is 1. The van der Waals surface area contributed by atoms with Gasteiger partial charge in [0.25, 0.3) is 0 Å². The van der Waals surface area contributed by atoms with Crippen molar-refractivity contribution >= 4 is 36.0 Å². The van der Waals surface area contributed by atoms with Crippen molar-refractivity contribution in [3.05, 3.63) is 0 Å². The number of methoxy groups -OCH3 is 1. The van der Waals surface area contributed by atoms with Crippen molar-refractivity contribution in [1.29, 1.82) is 0 Å². The molecule has 8 heteroatoms. The normalized spacial score (nSPS) is 13.8. The molecule has 7 nitrogen and oxygen atoms in total. The molecule has 0 radical (unpaired) electrons. The molecule has 0 aliphatic rings. The van der Waals surface area contributed by atoms with Crippen LogP contribution in [-0.4, -0.2) is 58.1 Å². The van der Waals surface area contributed by atoms with Crippen LogP contribution >= 0.6 is 24.0 Å². The van der Waals surface area contributed by atoms with E-state index in [1.165, 1.54) is 0 Å². The molecule has 0 aromatic heterocycles. The first kappa shape index (κ1) is 24.5. The van der Waals surface area contributed by atoms with Gasteiger partial charge in [0.2, 0.25) is 0 Å². The number of hydrogen-bond donors (Lipinski definition) is 3. The van der Waals surface area contributed by atoms with E-state index in [0.29, 0.717) is 31.6 Å². The fourth-order valence-electron chi connectivity index (χ4n) is 2.04. The minimum absolute atomic E-state index is 0. The van der Waals surface area contributed by atoms with Crippen molar-refractivity contribution in [3.8, 4) is 0 Å². The summed E-state index contributed by atoms with van der Waals surface area (Å²) in [6, 6.07) is 0.132. The van der Waals surface area contributed by atoms with Crippen molar-refractivity contribution < 1.29 is 14.3 Å². The van der Waals surface area contributed by atoms with Gasteiger partial charge in [0.15, 0.2) is 5.96 Å². The molecule has 0 aliphatic carbocycles. The molecule has 0 bridgehead atoms. The van der Waals surface area contributed by atoms with Gasteiger partial charge in [-0.05, 0) is 26.2 Å². The number of guanidine groups is 1. The van der Waals surface area contributed by atoms with Gasteiger partial charge < -0.3 is 25.4 Å². The van der Waals surface area contributed by atoms with E-state index in [1.807, 2.05) is 6.92 Å². The molecule has 2 unspecified atom stereocenters. The number of carbonyl (C=O) groups is 1. The van der Waals surface area contributed by atoms with E-state index in [2.05, 4.69) is 34.8 Å². The van der Waals surface area contributed by atoms with E-state index < -0.39 is 0 Å². The number of hydrogen-bond acceptors (Lipinski definition) is 4. The van der Waals surface area contributed by atoms with E-state index in [-0.39, 0.29) is 42.2 Å². The quantitative estimate of drug-likeness (QED) is 0.288. The van der Waals surface area contributed by atoms with E-state index in [0.717, 1.165) is 6.42 Å². The smallest absolute Gasteiger partial charge is 0.407 e. The molecule has 3 N–H and O–H groups in total. The Morgan fingerprint density at radius 3 is 2.35 bits per heavy atom. The molecule has 0 aromatic carbocycles. The maximum absolute atomic E-state index is 11.6. The van der Waals surface area contributed by atoms with Crippen LogP contribution in [0.2, 0.25) is 0 Å². The van der Waals surface area contributed by atoms with Gasteiger partial charge in [-0.15, -0.1) is 24.0 Å². The van der Waals surface area contributed by atoms with Crippen LogP contribution in [0.25, 0.3) is 0 Å². The summed E-state index contributed by atoms with van der Waals surface area (Å²) in [5.41, 5.74) is 0. The van der Waals surface area contributed by atoms with Crippen LogP contribution in [0, 0.1) is 5.92 Å². The second-order valence-electron chi connectivity index (χ2n) is 5.65. The third kappa shape index (κ3) is 13.4. The van der Waals surface area contributed by atoms with Crippen LogP contribution in [-0.2, 0) is 9.47 Å². The van der Waals surface area contributed by atoms with Gasteiger partial charge in [-0.3, -0.25) is 4.99 Å². The fraction of sp³-hybridized carbons (Fsp3) is 0.867. The average molecular weight is 444 g/mol. The number of nitrogens with zero attached hydrogens (tertiary/aromatic N) is 1. The maximum atomic E-state index is 11.6. The van der Waals surface area contributed by atoms with Gasteiger partial charge in [0, 0.05) is 32.8 Å². The first-order valence-electron chi connectivity index (χ1n) is 7.82. The number of aliphatic imine (C=N–C) groups is 1. The van der Waals surface area contributed by atoms with Gasteiger partial charge in [0.05, 0.1) is 13.2 Å². The summed E-state index contributed by atoms with van der Waals surface area (Å²) in [6.45, 7) is 9.58. The van der Waals surface area contributed by atoms with E-state index in [9.17, 15) is 4.79 Å². The van der Waals surface area contributed by atoms with Crippen molar-refractivity contribution in [1.82, 2.24) is 16.0 Å². The largest absolute Gasteiger partial charge is 0.450 e. The summed E-state index contributed by atoms with van der Waals surface area (Å²) in [5.74, 6) is 1.15. The Hall–Kier alpha value is -0.770. The number of rotatable bonds is 9. The third-order valence-corrected chi connectivity index (χ3v) is 2.89. The van der Waals surface area contributed by atoms with E-state index in [1.54, 1.807) is 21.1 Å². The molecular weight excluding hydrogens is 411 g/mol. The lowest BCUT2D eigenvalue weighted by molar-refractivity contribution is 0.146. The van der Waals surface area contributed by atoms with Gasteiger partial charge >= 0.3 is 6.09 Å². The highest BCUT2D eigenvalue weighted by Crippen LogP contribution is 2.04. The van der Waals surface area contributed by atoms with Crippen molar-refractivity contribution in [2.75, 3.05) is 33.9 Å². The standard InChI is InChI=1S/C15H32N4O3.HI/c1-7-22-15(20)19-13(8-11(2)3)9-17-14(16-5)18-12(4)10-21-6;/h11-13H,7-10H2,1-6H3,(H,19,20)(H2,16,17,18);1H. The molecule has 0 heterocycles. The summed E-state index contributed by atoms with van der Waals surface area (Å²) in [4.78, 5) is 15.8. The maximum Gasteiger partial charge on any atom is 0.407 e. The van der Waals surface area contributed by atoms with Crippen LogP contribution in [0.1, 0.15) is 34.1 Å². The van der Waals surface area contributed by atoms with Crippen molar-refractivity contribution in [3.63, 3.8) is 0 Å². The highest BCUT2D eigenvalue weighted by Gasteiger charge is 2.15. The van der Waals surface area contributed by atoms with E-state index >= 15 is 0 Å². The number of nitrogens with one attached hydrogen (secondary N) is 3. The van der Waals surface area contributed by atoms with Crippen molar-refractivity contribution in [2.45, 2.75) is 46.2 Å². The zero-order chi connectivity index (χ0) is 17.0. The lowest BCUT2D eigenvalue weighted by atomic mass is 10.0. The predicted octanol–water partition coefficient (Wildman–Crippen LogP) is 1.97. The molecule has 0 saturated carbocycles. The van der Waals surface area contributed by atoms with Crippen molar-refractivity contribution in [2.24, 2.45) is 10.9 Å². The van der Waals surface area contributed by atoms with Gasteiger partial charge in [0.1, 0.15) is 0 Å². The molecule has 0 saturated heterocycles. The van der Waals surface area contributed by atoms with Crippen LogP contribution in [0.4, 0.5) is 4.79 Å². The molecule has 0 aromatic rings. The molecule has 0 fully saturated rings. The number of halogens is 1. The molecule has 1 amide bonds. The second kappa shape index (κ2) is 14.8. The number of ether oxygens (including phenoxy) is 2. The molecule has 23 heavy (non-hydrogen) atoms. The Morgan fingerprint density at radius 1 is 1.22 bits per heavy atom. The molecule has 0 rings (SSSR count). The SMILES string of the molecule is CCOC(=O)NC(CNC(=NC)NC(C)COC)CC(C)C.I. The lowest BCUT2D eigenvalue weighted by Crippen LogP contribution is -2.50. The summed E-state index contributed by atoms with van der Waals surface area (Å²) < 4.78 is 10.0. The number of amides is 1. The fourth-order valence-corrected chi connectivity index (χ4v) is 2.04. The Kier molecular flexibility index (Phi) is 15.8. The highest BCUT2D eigenvalue weighted by atomic mass is 127. The van der Waals surface area contributed by atoms with Gasteiger partial charge in [-0.25, -0.2) is 4.79 Å². The minimum Gasteiger partial charge on any atom is -0.450 e. The average Bonchev–Trinajstić information content (AvgIpc) is 2.43. The van der Waals surface area contributed by atoms with Gasteiger partial charge in [-0.2, -0.15) is 0 Å². The van der Waals surface area contributed by atoms with Gasteiger partial charge in [-0.1, -0.05) is 13.8 Å². The molecule has 138 valence electrons. The van der Waals surface area contributed by atoms with Crippen LogP contribution in [0.5, 0.6) is 0 Å². The molecule has 0 spiro atoms. The first-order valence-corrected chi connectivity index (χ1v) is 7.82. The summed E-state index contributed by atoms with van der Waals surface area (Å²) in [7, 11) is 3.38. The zero-order valence-corrected chi connectivity index (χ0v) is 17.5. The summed E-state index contributed by atoms with van der Waals surface area (Å²) >= 11 is 0. The van der Waals surface area contributed by atoms with Crippen LogP contribution in [0.15, 0.2) is 4.99 Å². The Balaban J connectivity index is 0. The lowest BCUT2D eigenvalue weighted by Gasteiger charge is -2.23. The number of carbonyl (C=O) groups excluding carboxylic acids is 1. The summed E-state index contributed by atoms with van der Waals surface area (Å²) in [5, 5.41) is 9.33. The summed E-state index contributed by atoms with van der Waals surface area (Å²) in [6.07, 6.45) is 0.474. The predicted molar refractivity (Wildman–Crippen MR) is 105 cm³/mol. The highest BCUT2D eigenvalue weighted by molar-refractivity contribution is 14.0. The minimum atomic E-state index is -0.384. The Labute approximate surface area is 157 Å². The first-order chi connectivity index (χ1) is 10.4. The molecular formula is C15H33IN4O3.